The maximum absolute atomic E-state index is 11.8. The SMILES string of the molecule is CCCCNC(=O)C(=O)N/N=C\c1cc(C(=O)O)ccc1Nc1ccccc1C. The summed E-state index contributed by atoms with van der Waals surface area (Å²) < 4.78 is 0. The molecule has 0 atom stereocenters. The highest BCUT2D eigenvalue weighted by Crippen LogP contribution is 2.23. The van der Waals surface area contributed by atoms with E-state index in [1.54, 1.807) is 6.07 Å². The molecule has 0 saturated heterocycles. The van der Waals surface area contributed by atoms with Crippen LogP contribution in [0.3, 0.4) is 0 Å². The predicted octanol–water partition coefficient (Wildman–Crippen LogP) is 2.80. The Morgan fingerprint density at radius 3 is 2.52 bits per heavy atom. The highest BCUT2D eigenvalue weighted by molar-refractivity contribution is 6.35. The van der Waals surface area contributed by atoms with Gasteiger partial charge >= 0.3 is 17.8 Å². The fraction of sp³-hybridized carbons (Fsp3) is 0.238. The van der Waals surface area contributed by atoms with Gasteiger partial charge in [-0.2, -0.15) is 5.10 Å². The van der Waals surface area contributed by atoms with Gasteiger partial charge in [-0.3, -0.25) is 9.59 Å². The number of aromatic carboxylic acids is 1. The van der Waals surface area contributed by atoms with Crippen LogP contribution in [0.1, 0.15) is 41.3 Å². The van der Waals surface area contributed by atoms with E-state index in [1.807, 2.05) is 38.1 Å². The molecule has 0 aliphatic rings. The van der Waals surface area contributed by atoms with Gasteiger partial charge < -0.3 is 15.7 Å². The van der Waals surface area contributed by atoms with Crippen LogP contribution in [0, 0.1) is 6.92 Å². The largest absolute Gasteiger partial charge is 0.478 e. The third-order valence-corrected chi connectivity index (χ3v) is 4.10. The van der Waals surface area contributed by atoms with Crippen LogP contribution in [0.4, 0.5) is 11.4 Å². The molecule has 0 radical (unpaired) electrons. The molecule has 4 N–H and O–H groups in total. The Morgan fingerprint density at radius 2 is 1.83 bits per heavy atom. The number of hydrogen-bond acceptors (Lipinski definition) is 5. The Labute approximate surface area is 169 Å². The number of benzene rings is 2. The summed E-state index contributed by atoms with van der Waals surface area (Å²) in [6.45, 7) is 4.33. The van der Waals surface area contributed by atoms with Crippen LogP contribution < -0.4 is 16.1 Å². The standard InChI is InChI=1S/C21H24N4O4/c1-3-4-11-22-19(26)20(27)25-23-13-16-12-15(21(28)29)9-10-18(16)24-17-8-6-5-7-14(17)2/h5-10,12-13,24H,3-4,11H2,1-2H3,(H,22,26)(H,25,27)(H,28,29)/b23-13-. The van der Waals surface area contributed by atoms with Crippen LogP contribution >= 0.6 is 0 Å². The summed E-state index contributed by atoms with van der Waals surface area (Å²) in [5, 5.41) is 18.8. The van der Waals surface area contributed by atoms with Gasteiger partial charge in [0.15, 0.2) is 0 Å². The Kier molecular flexibility index (Phi) is 7.90. The van der Waals surface area contributed by atoms with Crippen LogP contribution in [-0.2, 0) is 9.59 Å². The van der Waals surface area contributed by atoms with E-state index in [2.05, 4.69) is 21.2 Å². The van der Waals surface area contributed by atoms with Crippen molar-refractivity contribution in [1.82, 2.24) is 10.7 Å². The molecule has 29 heavy (non-hydrogen) atoms. The Hall–Kier alpha value is -3.68. The fourth-order valence-electron chi connectivity index (χ4n) is 2.44. The van der Waals surface area contributed by atoms with E-state index in [9.17, 15) is 19.5 Å². The Balaban J connectivity index is 2.16. The summed E-state index contributed by atoms with van der Waals surface area (Å²) in [7, 11) is 0. The summed E-state index contributed by atoms with van der Waals surface area (Å²) in [5.74, 6) is -2.74. The average Bonchev–Trinajstić information content (AvgIpc) is 2.70. The number of unbranched alkanes of at least 4 members (excludes halogenated alkanes) is 1. The first-order valence-electron chi connectivity index (χ1n) is 9.23. The number of anilines is 2. The zero-order chi connectivity index (χ0) is 21.2. The number of nitrogens with one attached hydrogen (secondary N) is 3. The van der Waals surface area contributed by atoms with Gasteiger partial charge in [0.1, 0.15) is 0 Å². The van der Waals surface area contributed by atoms with Gasteiger partial charge in [-0.25, -0.2) is 10.2 Å². The van der Waals surface area contributed by atoms with Crippen LogP contribution in [0.2, 0.25) is 0 Å². The van der Waals surface area contributed by atoms with Crippen LogP contribution in [0.5, 0.6) is 0 Å². The number of carbonyl (C=O) groups is 3. The van der Waals surface area contributed by atoms with Gasteiger partial charge in [-0.05, 0) is 43.2 Å². The number of nitrogens with zero attached hydrogens (tertiary/aromatic N) is 1. The summed E-state index contributed by atoms with van der Waals surface area (Å²) >= 11 is 0. The molecule has 0 aliphatic carbocycles. The van der Waals surface area contributed by atoms with E-state index in [0.29, 0.717) is 17.8 Å². The molecule has 0 fully saturated rings. The highest BCUT2D eigenvalue weighted by atomic mass is 16.4. The number of para-hydroxylation sites is 1. The van der Waals surface area contributed by atoms with Gasteiger partial charge in [-0.1, -0.05) is 31.5 Å². The molecule has 8 nitrogen and oxygen atoms in total. The fourth-order valence-corrected chi connectivity index (χ4v) is 2.44. The maximum atomic E-state index is 11.8. The number of amides is 2. The highest BCUT2D eigenvalue weighted by Gasteiger charge is 2.12. The lowest BCUT2D eigenvalue weighted by Crippen LogP contribution is -2.38. The van der Waals surface area contributed by atoms with Crippen molar-refractivity contribution in [2.24, 2.45) is 5.10 Å². The minimum Gasteiger partial charge on any atom is -0.478 e. The topological polar surface area (TPSA) is 120 Å². The van der Waals surface area contributed by atoms with Crippen molar-refractivity contribution >= 4 is 35.4 Å². The van der Waals surface area contributed by atoms with Crippen molar-refractivity contribution in [1.29, 1.82) is 0 Å². The van der Waals surface area contributed by atoms with E-state index in [0.717, 1.165) is 24.1 Å². The number of carbonyl (C=O) groups excluding carboxylic acids is 2. The third-order valence-electron chi connectivity index (χ3n) is 4.10. The molecule has 0 bridgehead atoms. The van der Waals surface area contributed by atoms with Crippen molar-refractivity contribution in [3.05, 3.63) is 59.2 Å². The van der Waals surface area contributed by atoms with Gasteiger partial charge in [-0.15, -0.1) is 0 Å². The van der Waals surface area contributed by atoms with Crippen LogP contribution in [0.25, 0.3) is 0 Å². The van der Waals surface area contributed by atoms with Crippen molar-refractivity contribution in [2.75, 3.05) is 11.9 Å². The van der Waals surface area contributed by atoms with Crippen LogP contribution in [0.15, 0.2) is 47.6 Å². The Bertz CT molecular complexity index is 925. The predicted molar refractivity (Wildman–Crippen MR) is 112 cm³/mol. The average molecular weight is 396 g/mol. The van der Waals surface area contributed by atoms with Gasteiger partial charge in [0.05, 0.1) is 11.8 Å². The minimum absolute atomic E-state index is 0.0745. The lowest BCUT2D eigenvalue weighted by Gasteiger charge is -2.12. The van der Waals surface area contributed by atoms with Crippen molar-refractivity contribution < 1.29 is 19.5 Å². The molecule has 0 aromatic heterocycles. The molecule has 2 amide bonds. The van der Waals surface area contributed by atoms with E-state index in [-0.39, 0.29) is 5.56 Å². The number of carboxylic acid groups (broad SMARTS) is 1. The molecular weight excluding hydrogens is 372 g/mol. The molecule has 0 aliphatic heterocycles. The molecule has 8 heteroatoms. The van der Waals surface area contributed by atoms with Gasteiger partial charge in [0.2, 0.25) is 0 Å². The number of aryl methyl sites for hydroxylation is 1. The Morgan fingerprint density at radius 1 is 1.07 bits per heavy atom. The van der Waals surface area contributed by atoms with Crippen molar-refractivity contribution in [3.63, 3.8) is 0 Å². The van der Waals surface area contributed by atoms with E-state index in [4.69, 9.17) is 0 Å². The molecule has 0 spiro atoms. The van der Waals surface area contributed by atoms with Gasteiger partial charge in [0.25, 0.3) is 0 Å². The summed E-state index contributed by atoms with van der Waals surface area (Å²) in [4.78, 5) is 34.7. The second-order valence-electron chi connectivity index (χ2n) is 6.36. The second kappa shape index (κ2) is 10.6. The molecule has 0 unspecified atom stereocenters. The number of rotatable bonds is 8. The number of hydrogen-bond donors (Lipinski definition) is 4. The lowest BCUT2D eigenvalue weighted by atomic mass is 10.1. The normalized spacial score (nSPS) is 10.6. The first-order chi connectivity index (χ1) is 13.9. The number of carboxylic acids is 1. The molecule has 152 valence electrons. The smallest absolute Gasteiger partial charge is 0.335 e. The van der Waals surface area contributed by atoms with Crippen LogP contribution in [-0.4, -0.2) is 35.6 Å². The van der Waals surface area contributed by atoms with E-state index >= 15 is 0 Å². The van der Waals surface area contributed by atoms with E-state index < -0.39 is 17.8 Å². The quantitative estimate of drug-likeness (QED) is 0.237. The monoisotopic (exact) mass is 396 g/mol. The van der Waals surface area contributed by atoms with Crippen molar-refractivity contribution in [3.8, 4) is 0 Å². The molecular formula is C21H24N4O4. The molecule has 0 heterocycles. The zero-order valence-corrected chi connectivity index (χ0v) is 16.4. The molecule has 2 aromatic rings. The summed E-state index contributed by atoms with van der Waals surface area (Å²) in [6, 6.07) is 12.2. The first-order valence-corrected chi connectivity index (χ1v) is 9.23. The molecule has 2 rings (SSSR count). The van der Waals surface area contributed by atoms with Crippen molar-refractivity contribution in [2.45, 2.75) is 26.7 Å². The maximum Gasteiger partial charge on any atom is 0.335 e. The van der Waals surface area contributed by atoms with Gasteiger partial charge in [0, 0.05) is 23.5 Å². The lowest BCUT2D eigenvalue weighted by molar-refractivity contribution is -0.139. The molecule has 2 aromatic carbocycles. The summed E-state index contributed by atoms with van der Waals surface area (Å²) in [5.41, 5.74) is 5.14. The summed E-state index contributed by atoms with van der Waals surface area (Å²) in [6.07, 6.45) is 2.97. The van der Waals surface area contributed by atoms with E-state index in [1.165, 1.54) is 18.3 Å². The third kappa shape index (κ3) is 6.46. The first kappa shape index (κ1) is 21.6. The minimum atomic E-state index is -1.08. The number of hydrazone groups is 1. The molecule has 0 saturated carbocycles. The second-order valence-corrected chi connectivity index (χ2v) is 6.36. The zero-order valence-electron chi connectivity index (χ0n) is 16.4.